The van der Waals surface area contributed by atoms with Gasteiger partial charge in [-0.3, -0.25) is 9.79 Å². The quantitative estimate of drug-likeness (QED) is 0.681. The first-order valence-corrected chi connectivity index (χ1v) is 9.51. The summed E-state index contributed by atoms with van der Waals surface area (Å²) in [7, 11) is 0. The van der Waals surface area contributed by atoms with Gasteiger partial charge in [-0.1, -0.05) is 60.1 Å². The van der Waals surface area contributed by atoms with E-state index in [4.69, 9.17) is 22.3 Å². The van der Waals surface area contributed by atoms with Gasteiger partial charge in [0.2, 0.25) is 0 Å². The van der Waals surface area contributed by atoms with Crippen molar-refractivity contribution in [1.29, 1.82) is 0 Å². The normalized spacial score (nSPS) is 16.1. The lowest BCUT2D eigenvalue weighted by Crippen LogP contribution is -2.38. The molecule has 0 saturated heterocycles. The molecular weight excluding hydrogens is 370 g/mol. The highest BCUT2D eigenvalue weighted by molar-refractivity contribution is 6.30. The molecule has 1 aliphatic heterocycles. The van der Waals surface area contributed by atoms with Crippen LogP contribution in [0.25, 0.3) is 0 Å². The van der Waals surface area contributed by atoms with Gasteiger partial charge in [0.25, 0.3) is 0 Å². The number of ketones is 1. The highest BCUT2D eigenvalue weighted by Crippen LogP contribution is 2.27. The molecule has 2 N–H and O–H groups in total. The van der Waals surface area contributed by atoms with Gasteiger partial charge in [-0.2, -0.15) is 0 Å². The molecule has 0 radical (unpaired) electrons. The number of Topliss-reactive ketones (excluding diaryl/α,β-unsaturated/α-hetero) is 1. The number of nitrogens with zero attached hydrogens (tertiary/aromatic N) is 2. The second-order valence-corrected chi connectivity index (χ2v) is 7.18. The summed E-state index contributed by atoms with van der Waals surface area (Å²) in [4.78, 5) is 19.6. The van der Waals surface area contributed by atoms with E-state index in [1.54, 1.807) is 24.3 Å². The largest absolute Gasteiger partial charge is 0.360 e. The topological polar surface area (TPSA) is 58.7 Å². The molecule has 0 aromatic heterocycles. The zero-order valence-corrected chi connectivity index (χ0v) is 16.0. The van der Waals surface area contributed by atoms with Crippen LogP contribution in [0.15, 0.2) is 83.9 Å². The van der Waals surface area contributed by atoms with Gasteiger partial charge in [0, 0.05) is 27.4 Å². The van der Waals surface area contributed by atoms with Crippen molar-refractivity contribution in [1.82, 2.24) is 0 Å². The molecule has 3 aromatic rings. The molecule has 3 aromatic carbocycles. The van der Waals surface area contributed by atoms with Crippen molar-refractivity contribution in [3.05, 3.63) is 101 Å². The lowest BCUT2D eigenvalue weighted by molar-refractivity contribution is 0.0999. The van der Waals surface area contributed by atoms with E-state index in [1.165, 1.54) is 0 Å². The van der Waals surface area contributed by atoms with E-state index in [-0.39, 0.29) is 12.3 Å². The average molecular weight is 390 g/mol. The summed E-state index contributed by atoms with van der Waals surface area (Å²) in [6.07, 6.45) is -0.430. The molecule has 4 rings (SSSR count). The van der Waals surface area contributed by atoms with Crippen molar-refractivity contribution in [3.63, 3.8) is 0 Å². The van der Waals surface area contributed by atoms with Crippen LogP contribution >= 0.6 is 11.6 Å². The summed E-state index contributed by atoms with van der Waals surface area (Å²) in [6.45, 7) is 0.691. The van der Waals surface area contributed by atoms with Gasteiger partial charge < -0.3 is 10.6 Å². The molecule has 4 nitrogen and oxygen atoms in total. The Morgan fingerprint density at radius 2 is 1.68 bits per heavy atom. The zero-order chi connectivity index (χ0) is 19.5. The van der Waals surface area contributed by atoms with Crippen molar-refractivity contribution >= 4 is 28.8 Å². The van der Waals surface area contributed by atoms with E-state index in [1.807, 2.05) is 59.5 Å². The Kier molecular flexibility index (Phi) is 5.24. The van der Waals surface area contributed by atoms with Crippen LogP contribution in [0, 0.1) is 0 Å². The summed E-state index contributed by atoms with van der Waals surface area (Å²) < 4.78 is 0. The molecule has 0 aliphatic carbocycles. The molecular formula is C23H20ClN3O. The van der Waals surface area contributed by atoms with E-state index in [9.17, 15) is 4.79 Å². The van der Waals surface area contributed by atoms with Crippen LogP contribution in [-0.4, -0.2) is 30.8 Å². The predicted octanol–water partition coefficient (Wildman–Crippen LogP) is 4.17. The highest BCUT2D eigenvalue weighted by atomic mass is 35.5. The van der Waals surface area contributed by atoms with Crippen LogP contribution in [0.1, 0.15) is 21.5 Å². The van der Waals surface area contributed by atoms with Crippen LogP contribution in [-0.2, 0) is 0 Å². The van der Waals surface area contributed by atoms with Gasteiger partial charge in [0.1, 0.15) is 6.17 Å². The number of hydrogen-bond acceptors (Lipinski definition) is 4. The lowest BCUT2D eigenvalue weighted by Gasteiger charge is -2.25. The fraction of sp³-hybridized carbons (Fsp3) is 0.130. The number of benzene rings is 3. The molecule has 0 saturated carbocycles. The minimum absolute atomic E-state index is 0.0156. The summed E-state index contributed by atoms with van der Waals surface area (Å²) in [5.74, 6) is 0.0156. The standard InChI is InChI=1S/C23H20ClN3O/c24-18-12-10-16(11-13-18)21(28)14-27-15-22(25)26-23(17-6-2-1-3-7-17)19-8-4-5-9-20(19)27/h1-13,22H,14-15,25H2. The van der Waals surface area contributed by atoms with E-state index in [0.717, 1.165) is 22.5 Å². The maximum Gasteiger partial charge on any atom is 0.182 e. The minimum Gasteiger partial charge on any atom is -0.360 e. The third kappa shape index (κ3) is 3.84. The second kappa shape index (κ2) is 7.97. The molecule has 1 unspecified atom stereocenters. The number of carbonyl (C=O) groups excluding carboxylic acids is 1. The van der Waals surface area contributed by atoms with Crippen molar-refractivity contribution < 1.29 is 4.79 Å². The van der Waals surface area contributed by atoms with Crippen LogP contribution in [0.4, 0.5) is 5.69 Å². The smallest absolute Gasteiger partial charge is 0.182 e. The first-order chi connectivity index (χ1) is 13.6. The molecule has 28 heavy (non-hydrogen) atoms. The maximum atomic E-state index is 12.8. The Balaban J connectivity index is 1.69. The van der Waals surface area contributed by atoms with Gasteiger partial charge in [-0.25, -0.2) is 0 Å². The predicted molar refractivity (Wildman–Crippen MR) is 114 cm³/mol. The van der Waals surface area contributed by atoms with Crippen molar-refractivity contribution in [3.8, 4) is 0 Å². The van der Waals surface area contributed by atoms with E-state index in [2.05, 4.69) is 0 Å². The molecule has 140 valence electrons. The molecule has 1 atom stereocenters. The molecule has 0 amide bonds. The first kappa shape index (κ1) is 18.4. The van der Waals surface area contributed by atoms with Crippen LogP contribution in [0.5, 0.6) is 0 Å². The van der Waals surface area contributed by atoms with Gasteiger partial charge in [-0.05, 0) is 30.3 Å². The molecule has 0 bridgehead atoms. The van der Waals surface area contributed by atoms with E-state index in [0.29, 0.717) is 17.1 Å². The summed E-state index contributed by atoms with van der Waals surface area (Å²) >= 11 is 5.94. The number of fused-ring (bicyclic) bond motifs is 1. The van der Waals surface area contributed by atoms with Gasteiger partial charge in [0.15, 0.2) is 5.78 Å². The molecule has 0 spiro atoms. The third-order valence-electron chi connectivity index (χ3n) is 4.75. The number of nitrogens with two attached hydrogens (primary N) is 1. The lowest BCUT2D eigenvalue weighted by atomic mass is 10.00. The Hall–Kier alpha value is -2.95. The summed E-state index contributed by atoms with van der Waals surface area (Å²) in [5.41, 5.74) is 10.7. The number of halogens is 1. The van der Waals surface area contributed by atoms with Gasteiger partial charge in [-0.15, -0.1) is 0 Å². The third-order valence-corrected chi connectivity index (χ3v) is 5.00. The number of carbonyl (C=O) groups is 1. The zero-order valence-electron chi connectivity index (χ0n) is 15.3. The van der Waals surface area contributed by atoms with E-state index >= 15 is 0 Å². The van der Waals surface area contributed by atoms with Gasteiger partial charge >= 0.3 is 0 Å². The van der Waals surface area contributed by atoms with E-state index < -0.39 is 6.17 Å². The fourth-order valence-corrected chi connectivity index (χ4v) is 3.55. The maximum absolute atomic E-state index is 12.8. The van der Waals surface area contributed by atoms with Crippen LogP contribution in [0.2, 0.25) is 5.02 Å². The molecule has 1 heterocycles. The number of anilines is 1. The summed E-state index contributed by atoms with van der Waals surface area (Å²) in [5, 5.41) is 0.611. The summed E-state index contributed by atoms with van der Waals surface area (Å²) in [6, 6.07) is 24.9. The van der Waals surface area contributed by atoms with Crippen molar-refractivity contribution in [2.24, 2.45) is 10.7 Å². The number of benzodiazepines with no additional fused rings is 1. The molecule has 1 aliphatic rings. The molecule has 0 fully saturated rings. The van der Waals surface area contributed by atoms with Crippen molar-refractivity contribution in [2.45, 2.75) is 6.17 Å². The average Bonchev–Trinajstić information content (AvgIpc) is 2.86. The second-order valence-electron chi connectivity index (χ2n) is 6.74. The SMILES string of the molecule is NC1CN(CC(=O)c2ccc(Cl)cc2)c2ccccc2C(c2ccccc2)=N1. The first-order valence-electron chi connectivity index (χ1n) is 9.14. The Bertz CT molecular complexity index is 1020. The number of hydrogen-bond donors (Lipinski definition) is 1. The fourth-order valence-electron chi connectivity index (χ4n) is 3.43. The van der Waals surface area contributed by atoms with Gasteiger partial charge in [0.05, 0.1) is 18.8 Å². The highest BCUT2D eigenvalue weighted by Gasteiger charge is 2.24. The Morgan fingerprint density at radius 1 is 1.00 bits per heavy atom. The molecule has 5 heteroatoms. The minimum atomic E-state index is -0.430. The Morgan fingerprint density at radius 3 is 2.43 bits per heavy atom. The number of para-hydroxylation sites is 1. The van der Waals surface area contributed by atoms with Crippen LogP contribution < -0.4 is 10.6 Å². The number of rotatable bonds is 4. The number of aliphatic imine (C=N–C) groups is 1. The van der Waals surface area contributed by atoms with Crippen molar-refractivity contribution in [2.75, 3.05) is 18.0 Å². The Labute approximate surface area is 169 Å². The monoisotopic (exact) mass is 389 g/mol. The van der Waals surface area contributed by atoms with Crippen LogP contribution in [0.3, 0.4) is 0 Å².